The number of benzene rings is 3. The van der Waals surface area contributed by atoms with Crippen LogP contribution in [-0.4, -0.2) is 39.5 Å². The Hall–Kier alpha value is -4.01. The number of carbonyl (C=O) groups excluding carboxylic acids is 1. The zero-order valence-electron chi connectivity index (χ0n) is 24.5. The van der Waals surface area contributed by atoms with Gasteiger partial charge in [0.1, 0.15) is 12.4 Å². The number of rotatable bonds is 15. The molecule has 0 bridgehead atoms. The molecule has 8 heteroatoms. The highest BCUT2D eigenvalue weighted by Crippen LogP contribution is 2.25. The van der Waals surface area contributed by atoms with Crippen LogP contribution in [0.5, 0.6) is 5.75 Å². The average Bonchev–Trinajstić information content (AvgIpc) is 3.46. The summed E-state index contributed by atoms with van der Waals surface area (Å²) in [5.41, 5.74) is 5.73. The van der Waals surface area contributed by atoms with Crippen LogP contribution in [0.2, 0.25) is 0 Å². The maximum Gasteiger partial charge on any atom is 0.248 e. The third-order valence-electron chi connectivity index (χ3n) is 6.82. The molecule has 0 unspecified atom stereocenters. The lowest BCUT2D eigenvalue weighted by Crippen LogP contribution is -2.08. The maximum absolute atomic E-state index is 12.8. The average molecular weight is 586 g/mol. The second-order valence-corrected chi connectivity index (χ2v) is 11.4. The van der Waals surface area contributed by atoms with Crippen molar-refractivity contribution in [1.29, 1.82) is 0 Å². The van der Waals surface area contributed by atoms with E-state index in [2.05, 4.69) is 35.4 Å². The Morgan fingerprint density at radius 2 is 1.74 bits per heavy atom. The highest BCUT2D eigenvalue weighted by atomic mass is 32.2. The number of unbranched alkanes of at least 4 members (excludes halogenated alkanes) is 1. The smallest absolute Gasteiger partial charge is 0.248 e. The van der Waals surface area contributed by atoms with Crippen LogP contribution >= 0.6 is 0 Å². The number of anilines is 1. The summed E-state index contributed by atoms with van der Waals surface area (Å²) in [6.45, 7) is 8.87. The van der Waals surface area contributed by atoms with Gasteiger partial charge in [-0.2, -0.15) is 0 Å². The minimum Gasteiger partial charge on any atom is -0.491 e. The number of hydrogen-bond donors (Lipinski definition) is 1. The molecule has 1 atom stereocenters. The van der Waals surface area contributed by atoms with E-state index in [9.17, 15) is 9.00 Å². The van der Waals surface area contributed by atoms with E-state index in [1.54, 1.807) is 36.8 Å². The van der Waals surface area contributed by atoms with Gasteiger partial charge in [-0.05, 0) is 91.1 Å². The zero-order valence-corrected chi connectivity index (χ0v) is 25.4. The van der Waals surface area contributed by atoms with Crippen molar-refractivity contribution in [2.24, 2.45) is 0 Å². The van der Waals surface area contributed by atoms with Gasteiger partial charge < -0.3 is 19.4 Å². The summed E-state index contributed by atoms with van der Waals surface area (Å²) < 4.78 is 26.1. The van der Waals surface area contributed by atoms with E-state index in [0.29, 0.717) is 29.5 Å². The number of ether oxygens (including phenoxy) is 2. The van der Waals surface area contributed by atoms with E-state index in [0.717, 1.165) is 59.7 Å². The molecule has 0 aliphatic rings. The topological polar surface area (TPSA) is 82.4 Å². The number of carbonyl (C=O) groups is 1. The minimum atomic E-state index is -1.20. The van der Waals surface area contributed by atoms with Gasteiger partial charge >= 0.3 is 0 Å². The molecular weight excluding hydrogens is 546 g/mol. The van der Waals surface area contributed by atoms with Crippen molar-refractivity contribution < 1.29 is 18.5 Å². The molecule has 0 radical (unpaired) electrons. The fourth-order valence-electron chi connectivity index (χ4n) is 4.32. The minimum absolute atomic E-state index is 0.235. The van der Waals surface area contributed by atoms with Gasteiger partial charge in [0, 0.05) is 36.0 Å². The predicted octanol–water partition coefficient (Wildman–Crippen LogP) is 7.03. The molecule has 1 N–H and O–H groups in total. The van der Waals surface area contributed by atoms with Gasteiger partial charge in [0.15, 0.2) is 0 Å². The first-order chi connectivity index (χ1) is 20.5. The summed E-state index contributed by atoms with van der Waals surface area (Å²) in [4.78, 5) is 17.5. The largest absolute Gasteiger partial charge is 0.491 e. The van der Waals surface area contributed by atoms with E-state index in [4.69, 9.17) is 9.47 Å². The lowest BCUT2D eigenvalue weighted by Gasteiger charge is -2.09. The second kappa shape index (κ2) is 15.8. The summed E-state index contributed by atoms with van der Waals surface area (Å²) >= 11 is 0. The van der Waals surface area contributed by atoms with E-state index in [1.807, 2.05) is 48.8 Å². The number of nitrogens with one attached hydrogen (secondary N) is 1. The molecule has 1 amide bonds. The van der Waals surface area contributed by atoms with Crippen LogP contribution in [0.3, 0.4) is 0 Å². The summed E-state index contributed by atoms with van der Waals surface area (Å²) in [6.07, 6.45) is 9.04. The first-order valence-electron chi connectivity index (χ1n) is 14.3. The maximum atomic E-state index is 12.8. The normalized spacial score (nSPS) is 12.0. The van der Waals surface area contributed by atoms with E-state index in [-0.39, 0.29) is 5.91 Å². The number of aryl methyl sites for hydroxylation is 2. The van der Waals surface area contributed by atoms with Gasteiger partial charge in [0.2, 0.25) is 5.91 Å². The molecule has 0 saturated heterocycles. The van der Waals surface area contributed by atoms with Crippen molar-refractivity contribution in [1.82, 2.24) is 9.55 Å². The van der Waals surface area contributed by atoms with Crippen LogP contribution in [-0.2, 0) is 32.6 Å². The zero-order chi connectivity index (χ0) is 29.7. The molecule has 0 spiro atoms. The molecule has 4 aromatic rings. The molecule has 1 aromatic heterocycles. The number of aromatic nitrogens is 2. The van der Waals surface area contributed by atoms with Crippen molar-refractivity contribution >= 4 is 28.5 Å². The van der Waals surface area contributed by atoms with Gasteiger partial charge in [-0.3, -0.25) is 9.00 Å². The number of imidazole rings is 1. The Morgan fingerprint density at radius 1 is 0.976 bits per heavy atom. The van der Waals surface area contributed by atoms with Crippen molar-refractivity contribution in [2.75, 3.05) is 25.1 Å². The number of amides is 1. The first kappa shape index (κ1) is 30.9. The van der Waals surface area contributed by atoms with Crippen molar-refractivity contribution in [2.45, 2.75) is 50.8 Å². The molecule has 42 heavy (non-hydrogen) atoms. The molecule has 0 aliphatic heterocycles. The van der Waals surface area contributed by atoms with Crippen molar-refractivity contribution in [3.8, 4) is 16.9 Å². The molecule has 0 aliphatic carbocycles. The molecule has 1 heterocycles. The number of hydrogen-bond acceptors (Lipinski definition) is 5. The first-order valence-corrected chi connectivity index (χ1v) is 15.7. The van der Waals surface area contributed by atoms with Crippen LogP contribution < -0.4 is 10.1 Å². The van der Waals surface area contributed by atoms with Gasteiger partial charge in [-0.15, -0.1) is 0 Å². The Morgan fingerprint density at radius 3 is 2.48 bits per heavy atom. The Balaban J connectivity index is 1.31. The van der Waals surface area contributed by atoms with Gasteiger partial charge in [-0.25, -0.2) is 4.98 Å². The standard InChI is InChI=1S/C34H39N3O4S/c1-4-6-19-40-20-21-41-32-14-9-27(10-15-32)29-8-7-26(3)28(22-29)11-18-34(38)36-30-12-16-33(17-13-30)42(39)24-31-23-35-25-37(31)5-2/h7-18,22-23,25H,4-6,19-21,24H2,1-3H3,(H,36,38)/b18-11+/t42-/m1/s1. The summed E-state index contributed by atoms with van der Waals surface area (Å²) in [5.74, 6) is 0.971. The van der Waals surface area contributed by atoms with Crippen LogP contribution in [0.1, 0.15) is 43.5 Å². The Labute approximate surface area is 251 Å². The molecule has 0 saturated carbocycles. The monoisotopic (exact) mass is 585 g/mol. The van der Waals surface area contributed by atoms with Gasteiger partial charge in [0.25, 0.3) is 0 Å². The second-order valence-electron chi connectivity index (χ2n) is 9.92. The molecule has 0 fully saturated rings. The molecule has 4 rings (SSSR count). The van der Waals surface area contributed by atoms with E-state index in [1.165, 1.54) is 6.08 Å². The summed E-state index contributed by atoms with van der Waals surface area (Å²) in [7, 11) is -1.20. The van der Waals surface area contributed by atoms with Crippen LogP contribution in [0.15, 0.2) is 90.2 Å². The molecule has 220 valence electrons. The van der Waals surface area contributed by atoms with Crippen LogP contribution in [0, 0.1) is 6.92 Å². The highest BCUT2D eigenvalue weighted by Gasteiger charge is 2.10. The van der Waals surface area contributed by atoms with Gasteiger partial charge in [-0.1, -0.05) is 37.6 Å². The molecular formula is C34H39N3O4S. The third kappa shape index (κ3) is 8.99. The quantitative estimate of drug-likeness (QED) is 0.120. The number of nitrogens with zero attached hydrogens (tertiary/aromatic N) is 2. The van der Waals surface area contributed by atoms with Crippen LogP contribution in [0.4, 0.5) is 5.69 Å². The lowest BCUT2D eigenvalue weighted by molar-refractivity contribution is -0.111. The van der Waals surface area contributed by atoms with E-state index < -0.39 is 10.8 Å². The SMILES string of the molecule is CCCCOCCOc1ccc(-c2ccc(C)c(/C=C/C(=O)Nc3ccc([S@](=O)Cc4cncn4CC)cc3)c2)cc1. The summed E-state index contributed by atoms with van der Waals surface area (Å²) in [6, 6.07) is 21.3. The Kier molecular flexibility index (Phi) is 11.7. The van der Waals surface area contributed by atoms with E-state index >= 15 is 0 Å². The predicted molar refractivity (Wildman–Crippen MR) is 170 cm³/mol. The molecule has 3 aromatic carbocycles. The molecule has 7 nitrogen and oxygen atoms in total. The summed E-state index contributed by atoms with van der Waals surface area (Å²) in [5, 5.41) is 2.88. The fraction of sp³-hybridized carbons (Fsp3) is 0.294. The van der Waals surface area contributed by atoms with Crippen molar-refractivity contribution in [3.05, 3.63) is 102 Å². The van der Waals surface area contributed by atoms with Gasteiger partial charge in [0.05, 0.1) is 35.2 Å². The third-order valence-corrected chi connectivity index (χ3v) is 8.18. The Bertz CT molecular complexity index is 1490. The van der Waals surface area contributed by atoms with Crippen LogP contribution in [0.25, 0.3) is 17.2 Å². The lowest BCUT2D eigenvalue weighted by atomic mass is 9.99. The van der Waals surface area contributed by atoms with Crippen molar-refractivity contribution in [3.63, 3.8) is 0 Å². The highest BCUT2D eigenvalue weighted by molar-refractivity contribution is 7.84. The fourth-order valence-corrected chi connectivity index (χ4v) is 5.44.